The van der Waals surface area contributed by atoms with E-state index in [0.717, 1.165) is 0 Å². The molecule has 0 amide bonds. The van der Waals surface area contributed by atoms with Crippen molar-refractivity contribution >= 4 is 38.9 Å². The number of nitrogens with zero attached hydrogens (tertiary/aromatic N) is 2. The van der Waals surface area contributed by atoms with Gasteiger partial charge in [0.1, 0.15) is 15.8 Å². The van der Waals surface area contributed by atoms with Crippen molar-refractivity contribution in [1.82, 2.24) is 4.57 Å². The van der Waals surface area contributed by atoms with E-state index in [0.29, 0.717) is 17.0 Å². The number of hydrogen-bond acceptors (Lipinski definition) is 6. The van der Waals surface area contributed by atoms with Crippen LogP contribution in [0.3, 0.4) is 0 Å². The van der Waals surface area contributed by atoms with E-state index in [4.69, 9.17) is 4.74 Å². The number of benzene rings is 3. The molecule has 0 saturated carbocycles. The Morgan fingerprint density at radius 1 is 0.846 bits per heavy atom. The molecule has 12 heteroatoms. The first-order valence-corrected chi connectivity index (χ1v) is 11.8. The highest BCUT2D eigenvalue weighted by molar-refractivity contribution is 7.21. The molecule has 6 nitrogen and oxygen atoms in total. The van der Waals surface area contributed by atoms with E-state index in [1.165, 1.54) is 28.8 Å². The molecule has 0 unspecified atom stereocenters. The molecule has 0 aliphatic rings. The van der Waals surface area contributed by atoms with Gasteiger partial charge in [-0.2, -0.15) is 14.0 Å². The van der Waals surface area contributed by atoms with Crippen LogP contribution in [0.1, 0.15) is 15.2 Å². The number of carbonyl (C=O) groups is 1. The van der Waals surface area contributed by atoms with Gasteiger partial charge in [-0.25, -0.2) is 18.0 Å². The van der Waals surface area contributed by atoms with E-state index < -0.39 is 46.4 Å². The number of aromatic nitrogens is 1. The Morgan fingerprint density at radius 2 is 1.46 bits per heavy atom. The Balaban J connectivity index is 1.73. The highest BCUT2D eigenvalue weighted by Crippen LogP contribution is 2.40. The first-order chi connectivity index (χ1) is 18.7. The zero-order chi connectivity index (χ0) is 27.8. The van der Waals surface area contributed by atoms with Gasteiger partial charge in [0.2, 0.25) is 34.8 Å². The SMILES string of the molecule is N#Cc1ccccc1Nc1c(C(=O)Oc2c(F)c(F)c(F)c(F)c2F)sc2c1ccc(=O)n2-c1ccccc1. The molecule has 0 radical (unpaired) electrons. The largest absolute Gasteiger partial charge is 0.416 e. The minimum absolute atomic E-state index is 0.0174. The molecule has 0 saturated heterocycles. The van der Waals surface area contributed by atoms with Gasteiger partial charge in [0.15, 0.2) is 0 Å². The zero-order valence-electron chi connectivity index (χ0n) is 19.3. The normalized spacial score (nSPS) is 10.9. The van der Waals surface area contributed by atoms with Crippen molar-refractivity contribution in [3.8, 4) is 17.5 Å². The van der Waals surface area contributed by atoms with E-state index in [9.17, 15) is 36.8 Å². The third kappa shape index (κ3) is 4.38. The Morgan fingerprint density at radius 3 is 2.13 bits per heavy atom. The number of carbonyl (C=O) groups excluding carboxylic acids is 1. The molecule has 0 fully saturated rings. The van der Waals surface area contributed by atoms with Crippen LogP contribution in [0, 0.1) is 40.4 Å². The van der Waals surface area contributed by atoms with Gasteiger partial charge < -0.3 is 10.1 Å². The molecule has 0 bridgehead atoms. The third-order valence-corrected chi connectivity index (χ3v) is 6.78. The second-order valence-corrected chi connectivity index (χ2v) is 8.94. The molecule has 5 aromatic rings. The van der Waals surface area contributed by atoms with Crippen molar-refractivity contribution in [2.75, 3.05) is 5.32 Å². The number of ether oxygens (including phenoxy) is 1. The highest BCUT2D eigenvalue weighted by Gasteiger charge is 2.31. The second kappa shape index (κ2) is 10.0. The lowest BCUT2D eigenvalue weighted by molar-refractivity contribution is 0.0722. The fourth-order valence-electron chi connectivity index (χ4n) is 3.81. The van der Waals surface area contributed by atoms with Gasteiger partial charge in [0.25, 0.3) is 5.56 Å². The van der Waals surface area contributed by atoms with Crippen molar-refractivity contribution in [3.63, 3.8) is 0 Å². The average molecular weight is 553 g/mol. The fraction of sp³-hybridized carbons (Fsp3) is 0. The Labute approximate surface area is 219 Å². The summed E-state index contributed by atoms with van der Waals surface area (Å²) in [7, 11) is 0. The first kappa shape index (κ1) is 25.6. The van der Waals surface area contributed by atoms with Crippen LogP contribution in [0.4, 0.5) is 33.3 Å². The number of para-hydroxylation sites is 2. The molecule has 0 spiro atoms. The number of pyridine rings is 1. The Bertz CT molecular complexity index is 1850. The summed E-state index contributed by atoms with van der Waals surface area (Å²) in [5.74, 6) is -14.9. The van der Waals surface area contributed by atoms with E-state index in [1.807, 2.05) is 6.07 Å². The molecule has 2 aromatic heterocycles. The monoisotopic (exact) mass is 553 g/mol. The summed E-state index contributed by atoms with van der Waals surface area (Å²) in [6, 6.07) is 19.1. The fourth-order valence-corrected chi connectivity index (χ4v) is 4.96. The van der Waals surface area contributed by atoms with Gasteiger partial charge in [-0.1, -0.05) is 30.3 Å². The summed E-state index contributed by atoms with van der Waals surface area (Å²) in [6.45, 7) is 0. The first-order valence-electron chi connectivity index (χ1n) is 11.0. The number of hydrogen-bond donors (Lipinski definition) is 1. The number of halogens is 5. The summed E-state index contributed by atoms with van der Waals surface area (Å²) >= 11 is 0.679. The predicted octanol–water partition coefficient (Wildman–Crippen LogP) is 6.58. The summed E-state index contributed by atoms with van der Waals surface area (Å²) in [4.78, 5) is 25.9. The maximum absolute atomic E-state index is 14.3. The van der Waals surface area contributed by atoms with Crippen molar-refractivity contribution in [1.29, 1.82) is 5.26 Å². The molecule has 0 aliphatic carbocycles. The van der Waals surface area contributed by atoms with Crippen molar-refractivity contribution in [2.45, 2.75) is 0 Å². The zero-order valence-corrected chi connectivity index (χ0v) is 20.1. The molecule has 194 valence electrons. The van der Waals surface area contributed by atoms with Crippen molar-refractivity contribution in [3.05, 3.63) is 117 Å². The van der Waals surface area contributed by atoms with Crippen molar-refractivity contribution < 1.29 is 31.5 Å². The number of fused-ring (bicyclic) bond motifs is 1. The molecule has 5 rings (SSSR count). The molecule has 0 aliphatic heterocycles. The van der Waals surface area contributed by atoms with Gasteiger partial charge >= 0.3 is 5.97 Å². The van der Waals surface area contributed by atoms with Gasteiger partial charge in [0.05, 0.1) is 22.6 Å². The summed E-state index contributed by atoms with van der Waals surface area (Å²) in [5.41, 5.74) is 0.350. The minimum atomic E-state index is -2.41. The van der Waals surface area contributed by atoms with E-state index in [2.05, 4.69) is 5.32 Å². The summed E-state index contributed by atoms with van der Waals surface area (Å²) in [6.07, 6.45) is 0. The van der Waals surface area contributed by atoms with Crippen molar-refractivity contribution in [2.24, 2.45) is 0 Å². The third-order valence-electron chi connectivity index (χ3n) is 5.61. The number of anilines is 2. The topological polar surface area (TPSA) is 84.1 Å². The van der Waals surface area contributed by atoms with Crippen LogP contribution in [0.2, 0.25) is 0 Å². The summed E-state index contributed by atoms with van der Waals surface area (Å²) < 4.78 is 75.5. The summed E-state index contributed by atoms with van der Waals surface area (Å²) in [5, 5.41) is 12.7. The Kier molecular flexibility index (Phi) is 6.59. The van der Waals surface area contributed by atoms with Crippen LogP contribution >= 0.6 is 11.3 Å². The maximum atomic E-state index is 14.3. The van der Waals surface area contributed by atoms with Crippen LogP contribution < -0.4 is 15.6 Å². The lowest BCUT2D eigenvalue weighted by Gasteiger charge is -2.11. The molecular weight excluding hydrogens is 541 g/mol. The molecule has 1 N–H and O–H groups in total. The Hall–Kier alpha value is -5.02. The van der Waals surface area contributed by atoms with Gasteiger partial charge in [0, 0.05) is 11.5 Å². The number of nitrogens with one attached hydrogen (secondary N) is 1. The lowest BCUT2D eigenvalue weighted by atomic mass is 10.1. The van der Waals surface area contributed by atoms with Crippen LogP contribution in [-0.2, 0) is 0 Å². The van der Waals surface area contributed by atoms with E-state index in [1.54, 1.807) is 42.5 Å². The van der Waals surface area contributed by atoms with Crippen LogP contribution in [0.15, 0.2) is 71.5 Å². The quantitative estimate of drug-likeness (QED) is 0.0874. The second-order valence-electron chi connectivity index (χ2n) is 7.94. The van der Waals surface area contributed by atoms with Crippen LogP contribution in [-0.4, -0.2) is 10.5 Å². The number of nitriles is 1. The number of thiophene rings is 1. The molecule has 39 heavy (non-hydrogen) atoms. The highest BCUT2D eigenvalue weighted by atomic mass is 32.1. The van der Waals surface area contributed by atoms with Crippen LogP contribution in [0.25, 0.3) is 15.9 Å². The number of rotatable bonds is 5. The number of esters is 1. The average Bonchev–Trinajstić information content (AvgIpc) is 3.31. The van der Waals surface area contributed by atoms with Gasteiger partial charge in [-0.05, 0) is 30.3 Å². The van der Waals surface area contributed by atoms with Crippen LogP contribution in [0.5, 0.6) is 5.75 Å². The molecule has 2 heterocycles. The molecule has 3 aromatic carbocycles. The van der Waals surface area contributed by atoms with E-state index in [-0.39, 0.29) is 32.0 Å². The smallest absolute Gasteiger partial charge is 0.356 e. The maximum Gasteiger partial charge on any atom is 0.356 e. The molecule has 0 atom stereocenters. The van der Waals surface area contributed by atoms with Gasteiger partial charge in [-0.3, -0.25) is 9.36 Å². The standard InChI is InChI=1S/C27H12F5N3O3S/c28-18-19(29)21(31)24(22(32)20(18)30)38-27(37)25-23(34-16-9-5-4-6-13(16)12-33)15-10-11-17(36)35(26(15)39-25)14-7-2-1-3-8-14/h1-11,34H. The minimum Gasteiger partial charge on any atom is -0.416 e. The lowest BCUT2D eigenvalue weighted by Crippen LogP contribution is -2.16. The predicted molar refractivity (Wildman–Crippen MR) is 133 cm³/mol. The van der Waals surface area contributed by atoms with E-state index >= 15 is 0 Å². The molecular formula is C27H12F5N3O3S. The van der Waals surface area contributed by atoms with Gasteiger partial charge in [-0.15, -0.1) is 11.3 Å².